The number of rotatable bonds is 5. The molecule has 0 spiro atoms. The van der Waals surface area contributed by atoms with Crippen molar-refractivity contribution in [3.8, 4) is 0 Å². The molecule has 0 aromatic heterocycles. The lowest BCUT2D eigenvalue weighted by molar-refractivity contribution is -0.134. The molecule has 2 heterocycles. The van der Waals surface area contributed by atoms with Gasteiger partial charge < -0.3 is 20.0 Å². The number of nitrogens with zero attached hydrogens (tertiary/aromatic N) is 3. The average molecular weight is 477 g/mol. The van der Waals surface area contributed by atoms with Crippen molar-refractivity contribution in [1.29, 1.82) is 0 Å². The van der Waals surface area contributed by atoms with E-state index in [1.54, 1.807) is 11.0 Å². The first-order valence-corrected chi connectivity index (χ1v) is 11.0. The Hall–Kier alpha value is -3.20. The van der Waals surface area contributed by atoms with Crippen LogP contribution in [0.25, 0.3) is 0 Å². The van der Waals surface area contributed by atoms with Gasteiger partial charge in [-0.1, -0.05) is 17.7 Å². The quantitative estimate of drug-likeness (QED) is 0.719. The molecule has 7 nitrogen and oxygen atoms in total. The summed E-state index contributed by atoms with van der Waals surface area (Å²) >= 11 is 6.05. The second-order valence-electron chi connectivity index (χ2n) is 8.07. The van der Waals surface area contributed by atoms with Crippen molar-refractivity contribution in [3.63, 3.8) is 0 Å². The molecule has 3 amide bonds. The van der Waals surface area contributed by atoms with E-state index in [2.05, 4.69) is 10.2 Å². The molecule has 0 saturated carbocycles. The Bertz CT molecular complexity index is 1080. The predicted octanol–water partition coefficient (Wildman–Crippen LogP) is 2.44. The lowest BCUT2D eigenvalue weighted by Crippen LogP contribution is -2.51. The Morgan fingerprint density at radius 3 is 2.52 bits per heavy atom. The first kappa shape index (κ1) is 23.0. The van der Waals surface area contributed by atoms with Crippen LogP contribution in [0.15, 0.2) is 42.5 Å². The SMILES string of the molecule is O=C(NCC(=O)N1CCN(c2cccc(Cl)c2)CC1)C1CC(=O)N(c2ccc(F)cc2F)C1. The summed E-state index contributed by atoms with van der Waals surface area (Å²) in [5.41, 5.74) is 0.932. The number of piperazine rings is 1. The second-order valence-corrected chi connectivity index (χ2v) is 8.50. The van der Waals surface area contributed by atoms with Crippen molar-refractivity contribution >= 4 is 40.7 Å². The molecule has 0 radical (unpaired) electrons. The summed E-state index contributed by atoms with van der Waals surface area (Å²) < 4.78 is 27.2. The van der Waals surface area contributed by atoms with Gasteiger partial charge >= 0.3 is 0 Å². The van der Waals surface area contributed by atoms with E-state index in [9.17, 15) is 23.2 Å². The minimum Gasteiger partial charge on any atom is -0.368 e. The van der Waals surface area contributed by atoms with Gasteiger partial charge in [-0.15, -0.1) is 0 Å². The van der Waals surface area contributed by atoms with Crippen LogP contribution in [0, 0.1) is 17.6 Å². The monoisotopic (exact) mass is 476 g/mol. The minimum atomic E-state index is -0.864. The zero-order valence-corrected chi connectivity index (χ0v) is 18.5. The maximum absolute atomic E-state index is 14.0. The van der Waals surface area contributed by atoms with Crippen molar-refractivity contribution in [1.82, 2.24) is 10.2 Å². The number of hydrogen-bond acceptors (Lipinski definition) is 4. The van der Waals surface area contributed by atoms with Crippen molar-refractivity contribution < 1.29 is 23.2 Å². The third kappa shape index (κ3) is 5.24. The number of benzene rings is 2. The standard InChI is InChI=1S/C23H23ClF2N4O3/c24-16-2-1-3-18(11-16)28-6-8-29(9-7-28)22(32)13-27-23(33)15-10-21(31)30(14-15)20-5-4-17(25)12-19(20)26/h1-5,11-12,15H,6-10,13-14H2,(H,27,33). The Kier molecular flexibility index (Phi) is 6.78. The Morgan fingerprint density at radius 1 is 1.06 bits per heavy atom. The van der Waals surface area contributed by atoms with Crippen LogP contribution in [0.4, 0.5) is 20.2 Å². The molecule has 1 atom stereocenters. The highest BCUT2D eigenvalue weighted by atomic mass is 35.5. The number of halogens is 3. The van der Waals surface area contributed by atoms with E-state index < -0.39 is 29.4 Å². The van der Waals surface area contributed by atoms with E-state index in [-0.39, 0.29) is 31.1 Å². The van der Waals surface area contributed by atoms with Crippen LogP contribution < -0.4 is 15.1 Å². The number of nitrogens with one attached hydrogen (secondary N) is 1. The van der Waals surface area contributed by atoms with E-state index in [0.717, 1.165) is 16.7 Å². The molecule has 33 heavy (non-hydrogen) atoms. The zero-order chi connectivity index (χ0) is 23.5. The van der Waals surface area contributed by atoms with Gasteiger partial charge in [0, 0.05) is 55.9 Å². The number of anilines is 2. The van der Waals surface area contributed by atoms with E-state index in [1.165, 1.54) is 6.07 Å². The first-order chi connectivity index (χ1) is 15.8. The molecular formula is C23H23ClF2N4O3. The molecular weight excluding hydrogens is 454 g/mol. The summed E-state index contributed by atoms with van der Waals surface area (Å²) in [5.74, 6) is -3.40. The van der Waals surface area contributed by atoms with Gasteiger partial charge in [0.05, 0.1) is 18.2 Å². The maximum atomic E-state index is 14.0. The van der Waals surface area contributed by atoms with Crippen LogP contribution in [0.1, 0.15) is 6.42 Å². The van der Waals surface area contributed by atoms with Crippen molar-refractivity contribution in [2.45, 2.75) is 6.42 Å². The van der Waals surface area contributed by atoms with E-state index in [1.807, 2.05) is 18.2 Å². The van der Waals surface area contributed by atoms with Gasteiger partial charge in [0.25, 0.3) is 0 Å². The Labute approximate surface area is 194 Å². The summed E-state index contributed by atoms with van der Waals surface area (Å²) in [5, 5.41) is 3.25. The molecule has 2 aromatic carbocycles. The molecule has 2 fully saturated rings. The minimum absolute atomic E-state index is 0.0281. The number of carbonyl (C=O) groups is 3. The lowest BCUT2D eigenvalue weighted by atomic mass is 10.1. The fourth-order valence-corrected chi connectivity index (χ4v) is 4.31. The average Bonchev–Trinajstić information content (AvgIpc) is 3.19. The molecule has 1 unspecified atom stereocenters. The summed E-state index contributed by atoms with van der Waals surface area (Å²) in [4.78, 5) is 42.3. The molecule has 2 saturated heterocycles. The van der Waals surface area contributed by atoms with Crippen molar-refractivity contribution in [3.05, 3.63) is 59.1 Å². The third-order valence-electron chi connectivity index (χ3n) is 5.92. The molecule has 1 N–H and O–H groups in total. The topological polar surface area (TPSA) is 73.0 Å². The molecule has 2 aromatic rings. The molecule has 2 aliphatic heterocycles. The molecule has 0 bridgehead atoms. The molecule has 10 heteroatoms. The van der Waals surface area contributed by atoms with E-state index in [0.29, 0.717) is 37.3 Å². The van der Waals surface area contributed by atoms with Gasteiger partial charge in [0.2, 0.25) is 17.7 Å². The van der Waals surface area contributed by atoms with Crippen LogP contribution >= 0.6 is 11.6 Å². The van der Waals surface area contributed by atoms with Crippen LogP contribution in [0.5, 0.6) is 0 Å². The predicted molar refractivity (Wildman–Crippen MR) is 120 cm³/mol. The van der Waals surface area contributed by atoms with Gasteiger partial charge in [-0.05, 0) is 30.3 Å². The Balaban J connectivity index is 1.26. The summed E-state index contributed by atoms with van der Waals surface area (Å²) in [6, 6.07) is 10.5. The molecule has 174 valence electrons. The van der Waals surface area contributed by atoms with Gasteiger partial charge in [-0.2, -0.15) is 0 Å². The summed E-state index contributed by atoms with van der Waals surface area (Å²) in [6.07, 6.45) is -0.102. The van der Waals surface area contributed by atoms with E-state index in [4.69, 9.17) is 11.6 Å². The van der Waals surface area contributed by atoms with Crippen LogP contribution in [-0.2, 0) is 14.4 Å². The summed E-state index contributed by atoms with van der Waals surface area (Å²) in [6.45, 7) is 2.12. The van der Waals surface area contributed by atoms with Crippen LogP contribution in [-0.4, -0.2) is 61.9 Å². The highest BCUT2D eigenvalue weighted by Crippen LogP contribution is 2.28. The second kappa shape index (κ2) is 9.74. The molecule has 2 aliphatic rings. The van der Waals surface area contributed by atoms with Crippen molar-refractivity contribution in [2.75, 3.05) is 49.1 Å². The molecule has 0 aliphatic carbocycles. The number of hydrogen-bond donors (Lipinski definition) is 1. The molecule has 4 rings (SSSR count). The van der Waals surface area contributed by atoms with Gasteiger partial charge in [0.1, 0.15) is 11.6 Å². The largest absolute Gasteiger partial charge is 0.368 e. The number of carbonyl (C=O) groups excluding carboxylic acids is 3. The lowest BCUT2D eigenvalue weighted by Gasteiger charge is -2.36. The van der Waals surface area contributed by atoms with E-state index >= 15 is 0 Å². The highest BCUT2D eigenvalue weighted by Gasteiger charge is 2.36. The fraction of sp³-hybridized carbons (Fsp3) is 0.348. The van der Waals surface area contributed by atoms with Crippen LogP contribution in [0.3, 0.4) is 0 Å². The van der Waals surface area contributed by atoms with Gasteiger partial charge in [-0.25, -0.2) is 8.78 Å². The first-order valence-electron chi connectivity index (χ1n) is 10.6. The smallest absolute Gasteiger partial charge is 0.242 e. The van der Waals surface area contributed by atoms with Crippen molar-refractivity contribution in [2.24, 2.45) is 5.92 Å². The normalized spacial score (nSPS) is 18.6. The fourth-order valence-electron chi connectivity index (χ4n) is 4.12. The summed E-state index contributed by atoms with van der Waals surface area (Å²) in [7, 11) is 0. The highest BCUT2D eigenvalue weighted by molar-refractivity contribution is 6.30. The van der Waals surface area contributed by atoms with Gasteiger partial charge in [0.15, 0.2) is 0 Å². The third-order valence-corrected chi connectivity index (χ3v) is 6.15. The zero-order valence-electron chi connectivity index (χ0n) is 17.8. The Morgan fingerprint density at radius 2 is 1.82 bits per heavy atom. The maximum Gasteiger partial charge on any atom is 0.242 e. The number of amides is 3. The van der Waals surface area contributed by atoms with Crippen LogP contribution in [0.2, 0.25) is 5.02 Å². The van der Waals surface area contributed by atoms with Gasteiger partial charge in [-0.3, -0.25) is 14.4 Å².